The van der Waals surface area contributed by atoms with Gasteiger partial charge in [0.15, 0.2) is 0 Å². The Kier molecular flexibility index (Phi) is 5.14. The third-order valence-electron chi connectivity index (χ3n) is 4.83. The zero-order valence-corrected chi connectivity index (χ0v) is 13.5. The quantitative estimate of drug-likeness (QED) is 0.816. The van der Waals surface area contributed by atoms with Gasteiger partial charge in [0.1, 0.15) is 0 Å². The third kappa shape index (κ3) is 4.06. The van der Waals surface area contributed by atoms with Crippen molar-refractivity contribution in [2.75, 3.05) is 6.54 Å². The normalized spacial score (nSPS) is 22.3. The van der Waals surface area contributed by atoms with E-state index < -0.39 is 0 Å². The van der Waals surface area contributed by atoms with Gasteiger partial charge in [0.05, 0.1) is 0 Å². The number of rotatable bonds is 7. The van der Waals surface area contributed by atoms with Crippen molar-refractivity contribution in [2.45, 2.75) is 76.5 Å². The average molecular weight is 292 g/mol. The Morgan fingerprint density at radius 2 is 2.05 bits per heavy atom. The Morgan fingerprint density at radius 1 is 1.25 bits per heavy atom. The SMILES string of the molecule is CC(CNC1CCCCC1)N(Cc1ccsc1)C1CC1. The zero-order chi connectivity index (χ0) is 13.8. The van der Waals surface area contributed by atoms with Crippen LogP contribution in [-0.2, 0) is 6.54 Å². The molecule has 3 heteroatoms. The number of nitrogens with one attached hydrogen (secondary N) is 1. The van der Waals surface area contributed by atoms with Crippen LogP contribution < -0.4 is 5.32 Å². The van der Waals surface area contributed by atoms with Crippen LogP contribution in [-0.4, -0.2) is 29.6 Å². The van der Waals surface area contributed by atoms with Gasteiger partial charge < -0.3 is 5.32 Å². The molecule has 0 aliphatic heterocycles. The first-order valence-corrected chi connectivity index (χ1v) is 9.27. The van der Waals surface area contributed by atoms with Crippen LogP contribution in [0, 0.1) is 0 Å². The first-order chi connectivity index (χ1) is 9.83. The molecule has 2 aliphatic carbocycles. The molecule has 1 unspecified atom stereocenters. The molecule has 0 amide bonds. The minimum absolute atomic E-state index is 0.657. The fraction of sp³-hybridized carbons (Fsp3) is 0.765. The van der Waals surface area contributed by atoms with Crippen LogP contribution in [0.4, 0.5) is 0 Å². The monoisotopic (exact) mass is 292 g/mol. The lowest BCUT2D eigenvalue weighted by Gasteiger charge is -2.31. The average Bonchev–Trinajstić information content (AvgIpc) is 3.20. The first-order valence-electron chi connectivity index (χ1n) is 8.33. The van der Waals surface area contributed by atoms with Gasteiger partial charge in [0.25, 0.3) is 0 Å². The Hall–Kier alpha value is -0.380. The maximum atomic E-state index is 3.83. The second-order valence-corrected chi connectivity index (χ2v) is 7.41. The summed E-state index contributed by atoms with van der Waals surface area (Å²) in [6.07, 6.45) is 9.87. The van der Waals surface area contributed by atoms with Crippen molar-refractivity contribution in [2.24, 2.45) is 0 Å². The lowest BCUT2D eigenvalue weighted by atomic mass is 9.95. The summed E-state index contributed by atoms with van der Waals surface area (Å²) in [6, 6.07) is 4.57. The molecule has 0 aromatic carbocycles. The van der Waals surface area contributed by atoms with Gasteiger partial charge in [-0.1, -0.05) is 19.3 Å². The van der Waals surface area contributed by atoms with Gasteiger partial charge in [0.2, 0.25) is 0 Å². The van der Waals surface area contributed by atoms with Crippen LogP contribution in [0.2, 0.25) is 0 Å². The summed E-state index contributed by atoms with van der Waals surface area (Å²) in [4.78, 5) is 2.72. The van der Waals surface area contributed by atoms with E-state index in [1.165, 1.54) is 50.5 Å². The minimum atomic E-state index is 0.657. The minimum Gasteiger partial charge on any atom is -0.312 e. The lowest BCUT2D eigenvalue weighted by molar-refractivity contribution is 0.178. The van der Waals surface area contributed by atoms with Crippen molar-refractivity contribution in [3.05, 3.63) is 22.4 Å². The molecular weight excluding hydrogens is 264 g/mol. The Balaban J connectivity index is 1.48. The molecule has 1 N–H and O–H groups in total. The fourth-order valence-corrected chi connectivity index (χ4v) is 4.07. The lowest BCUT2D eigenvalue weighted by Crippen LogP contribution is -2.44. The summed E-state index contributed by atoms with van der Waals surface area (Å²) in [5.74, 6) is 0. The van der Waals surface area contributed by atoms with Crippen LogP contribution in [0.1, 0.15) is 57.4 Å². The molecule has 0 bridgehead atoms. The predicted octanol–water partition coefficient (Wildman–Crippen LogP) is 4.02. The molecule has 1 heterocycles. The van der Waals surface area contributed by atoms with Crippen LogP contribution in [0.3, 0.4) is 0 Å². The van der Waals surface area contributed by atoms with E-state index in [1.807, 2.05) is 11.3 Å². The van der Waals surface area contributed by atoms with E-state index in [4.69, 9.17) is 0 Å². The smallest absolute Gasteiger partial charge is 0.0248 e. The fourth-order valence-electron chi connectivity index (χ4n) is 3.41. The highest BCUT2D eigenvalue weighted by molar-refractivity contribution is 7.07. The number of nitrogens with zero attached hydrogens (tertiary/aromatic N) is 1. The second-order valence-electron chi connectivity index (χ2n) is 6.63. The molecule has 20 heavy (non-hydrogen) atoms. The van der Waals surface area contributed by atoms with E-state index in [2.05, 4.69) is 34.0 Å². The van der Waals surface area contributed by atoms with E-state index in [9.17, 15) is 0 Å². The van der Waals surface area contributed by atoms with Crippen molar-refractivity contribution in [1.82, 2.24) is 10.2 Å². The Bertz CT molecular complexity index is 380. The zero-order valence-electron chi connectivity index (χ0n) is 12.7. The Morgan fingerprint density at radius 3 is 2.70 bits per heavy atom. The summed E-state index contributed by atoms with van der Waals surface area (Å²) >= 11 is 1.82. The van der Waals surface area contributed by atoms with Gasteiger partial charge in [-0.05, 0) is 55.0 Å². The van der Waals surface area contributed by atoms with Crippen LogP contribution >= 0.6 is 11.3 Å². The van der Waals surface area contributed by atoms with Gasteiger partial charge in [0, 0.05) is 31.2 Å². The number of thiophene rings is 1. The van der Waals surface area contributed by atoms with Gasteiger partial charge in [-0.3, -0.25) is 4.90 Å². The highest BCUT2D eigenvalue weighted by Crippen LogP contribution is 2.30. The molecule has 2 fully saturated rings. The topological polar surface area (TPSA) is 15.3 Å². The van der Waals surface area contributed by atoms with Gasteiger partial charge in [-0.2, -0.15) is 11.3 Å². The summed E-state index contributed by atoms with van der Waals surface area (Å²) in [5.41, 5.74) is 1.49. The number of hydrogen-bond donors (Lipinski definition) is 1. The second kappa shape index (κ2) is 7.06. The number of hydrogen-bond acceptors (Lipinski definition) is 3. The van der Waals surface area contributed by atoms with Crippen LogP contribution in [0.5, 0.6) is 0 Å². The maximum absolute atomic E-state index is 3.83. The van der Waals surface area contributed by atoms with Gasteiger partial charge in [-0.25, -0.2) is 0 Å². The summed E-state index contributed by atoms with van der Waals surface area (Å²) < 4.78 is 0. The van der Waals surface area contributed by atoms with Crippen molar-refractivity contribution < 1.29 is 0 Å². The van der Waals surface area contributed by atoms with Crippen molar-refractivity contribution in [3.63, 3.8) is 0 Å². The molecule has 112 valence electrons. The van der Waals surface area contributed by atoms with Crippen LogP contribution in [0.25, 0.3) is 0 Å². The molecule has 1 aromatic rings. The Labute approximate surface area is 127 Å². The molecule has 1 atom stereocenters. The van der Waals surface area contributed by atoms with E-state index in [-0.39, 0.29) is 0 Å². The third-order valence-corrected chi connectivity index (χ3v) is 5.57. The largest absolute Gasteiger partial charge is 0.312 e. The van der Waals surface area contributed by atoms with Gasteiger partial charge in [-0.15, -0.1) is 0 Å². The highest BCUT2D eigenvalue weighted by atomic mass is 32.1. The summed E-state index contributed by atoms with van der Waals surface area (Å²) in [5, 5.41) is 8.33. The van der Waals surface area contributed by atoms with Crippen molar-refractivity contribution >= 4 is 11.3 Å². The molecule has 0 radical (unpaired) electrons. The molecule has 1 aromatic heterocycles. The van der Waals surface area contributed by atoms with Crippen molar-refractivity contribution in [1.29, 1.82) is 0 Å². The molecule has 2 aliphatic rings. The van der Waals surface area contributed by atoms with E-state index in [0.717, 1.165) is 25.2 Å². The van der Waals surface area contributed by atoms with E-state index in [0.29, 0.717) is 6.04 Å². The molecule has 0 spiro atoms. The summed E-state index contributed by atoms with van der Waals surface area (Å²) in [6.45, 7) is 4.70. The summed E-state index contributed by atoms with van der Waals surface area (Å²) in [7, 11) is 0. The van der Waals surface area contributed by atoms with E-state index >= 15 is 0 Å². The van der Waals surface area contributed by atoms with Gasteiger partial charge >= 0.3 is 0 Å². The predicted molar refractivity (Wildman–Crippen MR) is 87.2 cm³/mol. The maximum Gasteiger partial charge on any atom is 0.0248 e. The molecular formula is C17H28N2S. The standard InChI is InChI=1S/C17H28N2S/c1-14(11-18-16-5-3-2-4-6-16)19(17-7-8-17)12-15-9-10-20-13-15/h9-10,13-14,16-18H,2-8,11-12H2,1H3. The first kappa shape index (κ1) is 14.6. The molecule has 0 saturated heterocycles. The van der Waals surface area contributed by atoms with E-state index in [1.54, 1.807) is 0 Å². The van der Waals surface area contributed by atoms with Crippen molar-refractivity contribution in [3.8, 4) is 0 Å². The molecule has 3 rings (SSSR count). The molecule has 2 saturated carbocycles. The molecule has 2 nitrogen and oxygen atoms in total. The highest BCUT2D eigenvalue weighted by Gasteiger charge is 2.32. The van der Waals surface area contributed by atoms with Crippen LogP contribution in [0.15, 0.2) is 16.8 Å².